The zero-order valence-corrected chi connectivity index (χ0v) is 11.9. The molecule has 0 saturated heterocycles. The van der Waals surface area contributed by atoms with Crippen molar-refractivity contribution < 1.29 is 0 Å². The third-order valence-corrected chi connectivity index (χ3v) is 2.27. The molecule has 0 radical (unpaired) electrons. The lowest BCUT2D eigenvalue weighted by Crippen LogP contribution is -2.28. The Morgan fingerprint density at radius 2 is 1.94 bits per heavy atom. The van der Waals surface area contributed by atoms with Gasteiger partial charge in [0.2, 0.25) is 0 Å². The standard InChI is InChI=1S/C14H25N3/c1-11(2)10-17(6)13-9-7-8-12(15-13)16-14(3,4)5/h7-9,11H,10H2,1-6H3,(H,15,16). The van der Waals surface area contributed by atoms with Gasteiger partial charge in [-0.15, -0.1) is 0 Å². The van der Waals surface area contributed by atoms with E-state index in [1.807, 2.05) is 12.1 Å². The molecule has 3 nitrogen and oxygen atoms in total. The summed E-state index contributed by atoms with van der Waals surface area (Å²) in [5, 5.41) is 3.39. The van der Waals surface area contributed by atoms with E-state index in [0.717, 1.165) is 18.2 Å². The molecule has 0 bridgehead atoms. The fourth-order valence-electron chi connectivity index (χ4n) is 1.73. The summed E-state index contributed by atoms with van der Waals surface area (Å²) in [5.74, 6) is 2.60. The third kappa shape index (κ3) is 5.07. The number of aromatic nitrogens is 1. The molecule has 1 aromatic rings. The number of nitrogens with one attached hydrogen (secondary N) is 1. The summed E-state index contributed by atoms with van der Waals surface area (Å²) in [4.78, 5) is 6.82. The first-order chi connectivity index (χ1) is 7.78. The lowest BCUT2D eigenvalue weighted by molar-refractivity contribution is 0.625. The van der Waals surface area contributed by atoms with E-state index in [-0.39, 0.29) is 5.54 Å². The summed E-state index contributed by atoms with van der Waals surface area (Å²) in [5.41, 5.74) is 0.0439. The van der Waals surface area contributed by atoms with Crippen molar-refractivity contribution in [3.8, 4) is 0 Å². The molecule has 1 heterocycles. The van der Waals surface area contributed by atoms with Crippen molar-refractivity contribution in [3.05, 3.63) is 18.2 Å². The highest BCUT2D eigenvalue weighted by molar-refractivity contribution is 5.47. The molecule has 0 aromatic carbocycles. The second-order valence-electron chi connectivity index (χ2n) is 6.03. The minimum Gasteiger partial charge on any atom is -0.365 e. The highest BCUT2D eigenvalue weighted by Crippen LogP contribution is 2.17. The van der Waals surface area contributed by atoms with Crippen LogP contribution in [0, 0.1) is 5.92 Å². The van der Waals surface area contributed by atoms with E-state index in [1.54, 1.807) is 0 Å². The first-order valence-corrected chi connectivity index (χ1v) is 6.24. The molecular weight excluding hydrogens is 210 g/mol. The van der Waals surface area contributed by atoms with Gasteiger partial charge in [-0.1, -0.05) is 19.9 Å². The molecule has 3 heteroatoms. The molecule has 0 aliphatic carbocycles. The maximum absolute atomic E-state index is 4.63. The number of nitrogens with zero attached hydrogens (tertiary/aromatic N) is 2. The Bertz CT molecular complexity index is 353. The normalized spacial score (nSPS) is 11.7. The van der Waals surface area contributed by atoms with E-state index in [4.69, 9.17) is 0 Å². The van der Waals surface area contributed by atoms with Crippen molar-refractivity contribution in [1.29, 1.82) is 0 Å². The minimum atomic E-state index is 0.0439. The van der Waals surface area contributed by atoms with Crippen molar-refractivity contribution >= 4 is 11.6 Å². The van der Waals surface area contributed by atoms with Gasteiger partial charge in [0.05, 0.1) is 0 Å². The van der Waals surface area contributed by atoms with Gasteiger partial charge < -0.3 is 10.2 Å². The molecule has 96 valence electrons. The smallest absolute Gasteiger partial charge is 0.130 e. The second-order valence-corrected chi connectivity index (χ2v) is 6.03. The molecule has 1 aromatic heterocycles. The fraction of sp³-hybridized carbons (Fsp3) is 0.643. The van der Waals surface area contributed by atoms with E-state index in [2.05, 4.69) is 62.9 Å². The van der Waals surface area contributed by atoms with Gasteiger partial charge >= 0.3 is 0 Å². The summed E-state index contributed by atoms with van der Waals surface area (Å²) in [6, 6.07) is 6.11. The highest BCUT2D eigenvalue weighted by atomic mass is 15.2. The van der Waals surface area contributed by atoms with Crippen LogP contribution in [-0.2, 0) is 0 Å². The lowest BCUT2D eigenvalue weighted by atomic mass is 10.1. The van der Waals surface area contributed by atoms with Gasteiger partial charge in [0.15, 0.2) is 0 Å². The molecule has 0 unspecified atom stereocenters. The van der Waals surface area contributed by atoms with Gasteiger partial charge in [0, 0.05) is 19.1 Å². The summed E-state index contributed by atoms with van der Waals surface area (Å²) in [6.07, 6.45) is 0. The molecule has 0 atom stereocenters. The Morgan fingerprint density at radius 3 is 2.47 bits per heavy atom. The maximum Gasteiger partial charge on any atom is 0.130 e. The Balaban J connectivity index is 2.78. The van der Waals surface area contributed by atoms with Crippen LogP contribution < -0.4 is 10.2 Å². The summed E-state index contributed by atoms with van der Waals surface area (Å²) in [7, 11) is 2.09. The lowest BCUT2D eigenvalue weighted by Gasteiger charge is -2.24. The SMILES string of the molecule is CC(C)CN(C)c1cccc(NC(C)(C)C)n1. The van der Waals surface area contributed by atoms with E-state index < -0.39 is 0 Å². The van der Waals surface area contributed by atoms with Crippen LogP contribution in [0.1, 0.15) is 34.6 Å². The molecule has 0 spiro atoms. The van der Waals surface area contributed by atoms with Gasteiger partial charge in [-0.2, -0.15) is 0 Å². The van der Waals surface area contributed by atoms with Gasteiger partial charge in [-0.05, 0) is 38.8 Å². The summed E-state index contributed by atoms with van der Waals surface area (Å²) >= 11 is 0. The fourth-order valence-corrected chi connectivity index (χ4v) is 1.73. The molecule has 0 aliphatic heterocycles. The predicted octanol–water partition coefficient (Wildman–Crippen LogP) is 3.38. The number of hydrogen-bond acceptors (Lipinski definition) is 3. The monoisotopic (exact) mass is 235 g/mol. The van der Waals surface area contributed by atoms with Crippen LogP contribution in [0.5, 0.6) is 0 Å². The van der Waals surface area contributed by atoms with Crippen molar-refractivity contribution in [2.75, 3.05) is 23.8 Å². The molecule has 1 N–H and O–H groups in total. The Kier molecular flexibility index (Phi) is 4.38. The number of anilines is 2. The number of rotatable bonds is 4. The van der Waals surface area contributed by atoms with Crippen LogP contribution in [0.15, 0.2) is 18.2 Å². The molecular formula is C14H25N3. The number of hydrogen-bond donors (Lipinski definition) is 1. The Morgan fingerprint density at radius 1 is 1.29 bits per heavy atom. The van der Waals surface area contributed by atoms with Crippen molar-refractivity contribution in [3.63, 3.8) is 0 Å². The summed E-state index contributed by atoms with van der Waals surface area (Å²) in [6.45, 7) is 11.9. The Labute approximate surface area is 105 Å². The van der Waals surface area contributed by atoms with Crippen molar-refractivity contribution in [2.24, 2.45) is 5.92 Å². The average molecular weight is 235 g/mol. The molecule has 0 aliphatic rings. The van der Waals surface area contributed by atoms with Crippen LogP contribution in [0.2, 0.25) is 0 Å². The van der Waals surface area contributed by atoms with E-state index in [9.17, 15) is 0 Å². The molecule has 0 saturated carbocycles. The van der Waals surface area contributed by atoms with Gasteiger partial charge in [-0.25, -0.2) is 4.98 Å². The van der Waals surface area contributed by atoms with Gasteiger partial charge in [0.25, 0.3) is 0 Å². The molecule has 17 heavy (non-hydrogen) atoms. The topological polar surface area (TPSA) is 28.2 Å². The average Bonchev–Trinajstić information content (AvgIpc) is 2.14. The largest absolute Gasteiger partial charge is 0.365 e. The minimum absolute atomic E-state index is 0.0439. The number of pyridine rings is 1. The van der Waals surface area contributed by atoms with E-state index in [1.165, 1.54) is 0 Å². The van der Waals surface area contributed by atoms with Crippen LogP contribution in [0.3, 0.4) is 0 Å². The zero-order valence-electron chi connectivity index (χ0n) is 11.9. The van der Waals surface area contributed by atoms with Crippen LogP contribution in [0.4, 0.5) is 11.6 Å². The highest BCUT2D eigenvalue weighted by Gasteiger charge is 2.11. The Hall–Kier alpha value is -1.25. The molecule has 0 fully saturated rings. The molecule has 1 rings (SSSR count). The first-order valence-electron chi connectivity index (χ1n) is 6.24. The van der Waals surface area contributed by atoms with Crippen LogP contribution in [-0.4, -0.2) is 24.1 Å². The van der Waals surface area contributed by atoms with Crippen LogP contribution >= 0.6 is 0 Å². The third-order valence-electron chi connectivity index (χ3n) is 2.27. The predicted molar refractivity (Wildman–Crippen MR) is 75.7 cm³/mol. The van der Waals surface area contributed by atoms with E-state index >= 15 is 0 Å². The zero-order chi connectivity index (χ0) is 13.1. The van der Waals surface area contributed by atoms with Gasteiger partial charge in [0.1, 0.15) is 11.6 Å². The van der Waals surface area contributed by atoms with E-state index in [0.29, 0.717) is 5.92 Å². The van der Waals surface area contributed by atoms with Gasteiger partial charge in [-0.3, -0.25) is 0 Å². The second kappa shape index (κ2) is 5.39. The first kappa shape index (κ1) is 13.8. The maximum atomic E-state index is 4.63. The quantitative estimate of drug-likeness (QED) is 0.867. The summed E-state index contributed by atoms with van der Waals surface area (Å²) < 4.78 is 0. The van der Waals surface area contributed by atoms with Crippen molar-refractivity contribution in [1.82, 2.24) is 4.98 Å². The van der Waals surface area contributed by atoms with Crippen LogP contribution in [0.25, 0.3) is 0 Å². The molecule has 0 amide bonds. The van der Waals surface area contributed by atoms with Crippen molar-refractivity contribution in [2.45, 2.75) is 40.2 Å².